The van der Waals surface area contributed by atoms with Gasteiger partial charge in [-0.1, -0.05) is 12.1 Å². The number of primary sulfonamides is 1. The third kappa shape index (κ3) is 5.36. The zero-order chi connectivity index (χ0) is 16.3. The molecule has 0 fully saturated rings. The number of nitrogens with zero attached hydrogens (tertiary/aromatic N) is 1. The maximum absolute atomic E-state index is 11.6. The lowest BCUT2D eigenvalue weighted by Gasteiger charge is -2.16. The first-order valence-corrected chi connectivity index (χ1v) is 9.46. The van der Waals surface area contributed by atoms with Crippen LogP contribution in [0.1, 0.15) is 18.5 Å². The van der Waals surface area contributed by atoms with Gasteiger partial charge in [-0.05, 0) is 24.6 Å². The lowest BCUT2D eigenvalue weighted by atomic mass is 10.1. The average molecular weight is 335 g/mol. The molecule has 0 saturated heterocycles. The van der Waals surface area contributed by atoms with Gasteiger partial charge in [0.2, 0.25) is 20.0 Å². The fraction of sp³-hybridized carbons (Fsp3) is 0.500. The SMILES string of the molecule is CC(NCCS(=O)(=O)N(C)C)c1ccc(S(N)(=O)=O)cc1. The Hall–Kier alpha value is -1.00. The predicted molar refractivity (Wildman–Crippen MR) is 81.7 cm³/mol. The van der Waals surface area contributed by atoms with Crippen LogP contribution < -0.4 is 10.5 Å². The summed E-state index contributed by atoms with van der Waals surface area (Å²) in [4.78, 5) is 0.0497. The largest absolute Gasteiger partial charge is 0.309 e. The number of hydrogen-bond donors (Lipinski definition) is 2. The number of nitrogens with two attached hydrogens (primary N) is 1. The molecule has 0 aliphatic carbocycles. The summed E-state index contributed by atoms with van der Waals surface area (Å²) in [7, 11) is -3.94. The molecule has 21 heavy (non-hydrogen) atoms. The second kappa shape index (κ2) is 6.84. The van der Waals surface area contributed by atoms with Gasteiger partial charge in [0.15, 0.2) is 0 Å². The van der Waals surface area contributed by atoms with Crippen molar-refractivity contribution in [2.24, 2.45) is 5.14 Å². The zero-order valence-corrected chi connectivity index (χ0v) is 13.9. The molecule has 1 rings (SSSR count). The number of hydrogen-bond acceptors (Lipinski definition) is 5. The maximum Gasteiger partial charge on any atom is 0.238 e. The molecule has 1 atom stereocenters. The van der Waals surface area contributed by atoms with Crippen LogP contribution in [0.2, 0.25) is 0 Å². The third-order valence-corrected chi connectivity index (χ3v) is 5.84. The Bertz CT molecular complexity index is 667. The van der Waals surface area contributed by atoms with Crippen LogP contribution in [0.15, 0.2) is 29.2 Å². The van der Waals surface area contributed by atoms with Crippen molar-refractivity contribution < 1.29 is 16.8 Å². The fourth-order valence-electron chi connectivity index (χ4n) is 1.65. The summed E-state index contributed by atoms with van der Waals surface area (Å²) < 4.78 is 46.7. The molecule has 0 aromatic heterocycles. The van der Waals surface area contributed by atoms with E-state index in [9.17, 15) is 16.8 Å². The standard InChI is InChI=1S/C12H21N3O4S2/c1-10(14-8-9-20(16,17)15(2)3)11-4-6-12(7-5-11)21(13,18)19/h4-7,10,14H,8-9H2,1-3H3,(H2,13,18,19). The van der Waals surface area contributed by atoms with Gasteiger partial charge >= 0.3 is 0 Å². The number of sulfonamides is 2. The minimum atomic E-state index is -3.70. The van der Waals surface area contributed by atoms with Gasteiger partial charge in [0.05, 0.1) is 10.6 Å². The number of nitrogens with one attached hydrogen (secondary N) is 1. The molecule has 3 N–H and O–H groups in total. The molecule has 0 heterocycles. The van der Waals surface area contributed by atoms with Crippen molar-refractivity contribution in [3.63, 3.8) is 0 Å². The van der Waals surface area contributed by atoms with Crippen molar-refractivity contribution in [2.75, 3.05) is 26.4 Å². The van der Waals surface area contributed by atoms with Crippen LogP contribution in [0.4, 0.5) is 0 Å². The summed E-state index contributed by atoms with van der Waals surface area (Å²) in [5.41, 5.74) is 0.852. The van der Waals surface area contributed by atoms with E-state index in [2.05, 4.69) is 5.32 Å². The van der Waals surface area contributed by atoms with Crippen molar-refractivity contribution in [3.05, 3.63) is 29.8 Å². The Balaban J connectivity index is 2.63. The molecule has 1 aromatic rings. The molecule has 0 radical (unpaired) electrons. The van der Waals surface area contributed by atoms with Crippen LogP contribution in [-0.4, -0.2) is 47.5 Å². The molecule has 1 aromatic carbocycles. The highest BCUT2D eigenvalue weighted by Crippen LogP contribution is 2.15. The first-order chi connectivity index (χ1) is 9.54. The smallest absolute Gasteiger partial charge is 0.238 e. The van der Waals surface area contributed by atoms with Crippen LogP contribution in [-0.2, 0) is 20.0 Å². The second-order valence-corrected chi connectivity index (χ2v) is 8.75. The van der Waals surface area contributed by atoms with Crippen LogP contribution in [0.3, 0.4) is 0 Å². The van der Waals surface area contributed by atoms with E-state index in [1.165, 1.54) is 30.5 Å². The highest BCUT2D eigenvalue weighted by atomic mass is 32.2. The van der Waals surface area contributed by atoms with Gasteiger partial charge in [-0.2, -0.15) is 0 Å². The van der Waals surface area contributed by atoms with Gasteiger partial charge in [-0.15, -0.1) is 0 Å². The van der Waals surface area contributed by atoms with E-state index in [4.69, 9.17) is 5.14 Å². The second-order valence-electron chi connectivity index (χ2n) is 4.89. The molecule has 0 saturated carbocycles. The van der Waals surface area contributed by atoms with E-state index in [0.717, 1.165) is 5.56 Å². The van der Waals surface area contributed by atoms with Crippen molar-refractivity contribution in [1.82, 2.24) is 9.62 Å². The average Bonchev–Trinajstić information content (AvgIpc) is 2.37. The zero-order valence-electron chi connectivity index (χ0n) is 12.3. The Labute approximate surface area is 126 Å². The van der Waals surface area contributed by atoms with E-state index in [0.29, 0.717) is 6.54 Å². The van der Waals surface area contributed by atoms with Crippen LogP contribution in [0.25, 0.3) is 0 Å². The molecule has 0 aliphatic rings. The Morgan fingerprint density at radius 2 is 1.67 bits per heavy atom. The minimum absolute atomic E-state index is 0.000394. The predicted octanol–water partition coefficient (Wildman–Crippen LogP) is -0.124. The Morgan fingerprint density at radius 1 is 1.14 bits per heavy atom. The highest BCUT2D eigenvalue weighted by Gasteiger charge is 2.14. The van der Waals surface area contributed by atoms with Gasteiger partial charge in [-0.25, -0.2) is 26.3 Å². The number of benzene rings is 1. The van der Waals surface area contributed by atoms with Gasteiger partial charge in [0, 0.05) is 26.7 Å². The Kier molecular flexibility index (Phi) is 5.88. The van der Waals surface area contributed by atoms with Crippen molar-refractivity contribution in [3.8, 4) is 0 Å². The van der Waals surface area contributed by atoms with Crippen molar-refractivity contribution in [2.45, 2.75) is 17.9 Å². The molecule has 0 amide bonds. The van der Waals surface area contributed by atoms with Crippen LogP contribution in [0.5, 0.6) is 0 Å². The van der Waals surface area contributed by atoms with E-state index in [1.807, 2.05) is 6.92 Å². The topological polar surface area (TPSA) is 110 Å². The van der Waals surface area contributed by atoms with Gasteiger partial charge in [-0.3, -0.25) is 0 Å². The molecule has 7 nitrogen and oxygen atoms in total. The first-order valence-electron chi connectivity index (χ1n) is 6.30. The van der Waals surface area contributed by atoms with E-state index in [-0.39, 0.29) is 16.7 Å². The minimum Gasteiger partial charge on any atom is -0.309 e. The van der Waals surface area contributed by atoms with Crippen molar-refractivity contribution in [1.29, 1.82) is 0 Å². The maximum atomic E-state index is 11.6. The molecular formula is C12H21N3O4S2. The van der Waals surface area contributed by atoms with Crippen molar-refractivity contribution >= 4 is 20.0 Å². The molecule has 1 unspecified atom stereocenters. The molecule has 9 heteroatoms. The molecule has 0 bridgehead atoms. The Morgan fingerprint density at radius 3 is 2.10 bits per heavy atom. The molecular weight excluding hydrogens is 314 g/mol. The van der Waals surface area contributed by atoms with E-state index >= 15 is 0 Å². The summed E-state index contributed by atoms with van der Waals surface area (Å²) in [5, 5.41) is 8.11. The lowest BCUT2D eigenvalue weighted by molar-refractivity contribution is 0.512. The first kappa shape index (κ1) is 18.1. The van der Waals surface area contributed by atoms with Gasteiger partial charge < -0.3 is 5.32 Å². The quantitative estimate of drug-likeness (QED) is 0.722. The summed E-state index contributed by atoms with van der Waals surface area (Å²) >= 11 is 0. The van der Waals surface area contributed by atoms with Gasteiger partial charge in [0.25, 0.3) is 0 Å². The van der Waals surface area contributed by atoms with E-state index in [1.54, 1.807) is 12.1 Å². The monoisotopic (exact) mass is 335 g/mol. The molecule has 0 spiro atoms. The summed E-state index contributed by atoms with van der Waals surface area (Å²) in [5.74, 6) is -0.000394. The summed E-state index contributed by atoms with van der Waals surface area (Å²) in [6, 6.07) is 6.06. The van der Waals surface area contributed by atoms with Crippen LogP contribution >= 0.6 is 0 Å². The van der Waals surface area contributed by atoms with E-state index < -0.39 is 20.0 Å². The highest BCUT2D eigenvalue weighted by molar-refractivity contribution is 7.89. The molecule has 120 valence electrons. The lowest BCUT2D eigenvalue weighted by Crippen LogP contribution is -2.32. The summed E-state index contributed by atoms with van der Waals surface area (Å²) in [6.45, 7) is 2.17. The normalized spacial score (nSPS) is 14.3. The van der Waals surface area contributed by atoms with Crippen LogP contribution in [0, 0.1) is 0 Å². The fourth-order valence-corrected chi connectivity index (χ4v) is 2.91. The number of rotatable bonds is 7. The van der Waals surface area contributed by atoms with Gasteiger partial charge in [0.1, 0.15) is 0 Å². The molecule has 0 aliphatic heterocycles. The third-order valence-electron chi connectivity index (χ3n) is 3.08. The summed E-state index contributed by atoms with van der Waals surface area (Å²) in [6.07, 6.45) is 0.